The van der Waals surface area contributed by atoms with Crippen molar-refractivity contribution in [1.82, 2.24) is 9.36 Å². The second-order valence-corrected chi connectivity index (χ2v) is 5.78. The van der Waals surface area contributed by atoms with Gasteiger partial charge in [0.1, 0.15) is 23.7 Å². The molecule has 0 saturated heterocycles. The summed E-state index contributed by atoms with van der Waals surface area (Å²) >= 11 is 1.05. The van der Waals surface area contributed by atoms with Crippen LogP contribution in [0, 0.1) is 11.6 Å². The van der Waals surface area contributed by atoms with Crippen LogP contribution in [0.5, 0.6) is 11.5 Å². The summed E-state index contributed by atoms with van der Waals surface area (Å²) in [5, 5.41) is 9.72. The summed E-state index contributed by atoms with van der Waals surface area (Å²) in [6.45, 7) is -0.115. The molecule has 0 saturated carbocycles. The Morgan fingerprint density at radius 1 is 1.20 bits per heavy atom. The molecule has 1 amide bonds. The molecule has 2 aromatic carbocycles. The van der Waals surface area contributed by atoms with E-state index in [4.69, 9.17) is 10.5 Å². The summed E-state index contributed by atoms with van der Waals surface area (Å²) in [6.07, 6.45) is 0. The molecular weight excluding hydrogens is 352 g/mol. The van der Waals surface area contributed by atoms with E-state index >= 15 is 0 Å². The number of aromatic nitrogens is 2. The maximum absolute atomic E-state index is 14.1. The molecule has 1 aromatic heterocycles. The van der Waals surface area contributed by atoms with Gasteiger partial charge in [-0.05, 0) is 47.9 Å². The summed E-state index contributed by atoms with van der Waals surface area (Å²) in [7, 11) is 0. The number of phenolic OH excluding ortho intramolecular Hbond substituents is 1. The first kappa shape index (κ1) is 16.8. The van der Waals surface area contributed by atoms with Gasteiger partial charge in [-0.15, -0.1) is 0 Å². The van der Waals surface area contributed by atoms with Gasteiger partial charge in [0.25, 0.3) is 5.91 Å². The SMILES string of the molecule is NC(=O)c1c(F)ccc(OCc2nc(-c3ccc(O)cc3)ns2)c1F. The van der Waals surface area contributed by atoms with E-state index in [1.807, 2.05) is 0 Å². The van der Waals surface area contributed by atoms with Crippen LogP contribution in [0.3, 0.4) is 0 Å². The standard InChI is InChI=1S/C16H11F2N3O3S/c17-10-5-6-11(14(18)13(10)15(19)23)24-7-12-20-16(21-25-12)8-1-3-9(22)4-2-8/h1-6,22H,7H2,(H2,19,23). The number of hydrogen-bond donors (Lipinski definition) is 2. The maximum Gasteiger partial charge on any atom is 0.254 e. The van der Waals surface area contributed by atoms with Crippen LogP contribution in [0.1, 0.15) is 15.4 Å². The lowest BCUT2D eigenvalue weighted by atomic mass is 10.1. The molecule has 6 nitrogen and oxygen atoms in total. The molecule has 0 aliphatic rings. The van der Waals surface area contributed by atoms with Gasteiger partial charge in [-0.25, -0.2) is 13.8 Å². The Morgan fingerprint density at radius 2 is 1.92 bits per heavy atom. The number of carbonyl (C=O) groups is 1. The Hall–Kier alpha value is -3.07. The smallest absolute Gasteiger partial charge is 0.254 e. The fraction of sp³-hybridized carbons (Fsp3) is 0.0625. The molecule has 9 heteroatoms. The van der Waals surface area contributed by atoms with E-state index in [0.29, 0.717) is 16.4 Å². The lowest BCUT2D eigenvalue weighted by Gasteiger charge is -2.08. The Morgan fingerprint density at radius 3 is 2.60 bits per heavy atom. The minimum atomic E-state index is -1.22. The molecule has 3 aromatic rings. The molecule has 0 aliphatic carbocycles. The number of aromatic hydroxyl groups is 1. The van der Waals surface area contributed by atoms with Gasteiger partial charge >= 0.3 is 0 Å². The highest BCUT2D eigenvalue weighted by Crippen LogP contribution is 2.25. The molecule has 1 heterocycles. The third-order valence-electron chi connectivity index (χ3n) is 3.25. The van der Waals surface area contributed by atoms with Crippen molar-refractivity contribution in [1.29, 1.82) is 0 Å². The number of halogens is 2. The number of phenols is 1. The number of nitrogens with zero attached hydrogens (tertiary/aromatic N) is 2. The fourth-order valence-electron chi connectivity index (χ4n) is 2.05. The van der Waals surface area contributed by atoms with E-state index in [0.717, 1.165) is 23.7 Å². The molecule has 0 atom stereocenters. The van der Waals surface area contributed by atoms with Gasteiger partial charge in [0, 0.05) is 5.56 Å². The number of primary amides is 1. The largest absolute Gasteiger partial charge is 0.508 e. The normalized spacial score (nSPS) is 10.6. The minimum Gasteiger partial charge on any atom is -0.508 e. The van der Waals surface area contributed by atoms with Crippen LogP contribution in [0.25, 0.3) is 11.4 Å². The molecule has 0 spiro atoms. The van der Waals surface area contributed by atoms with Crippen molar-refractivity contribution < 1.29 is 23.4 Å². The van der Waals surface area contributed by atoms with E-state index in [2.05, 4.69) is 9.36 Å². The second-order valence-electron chi connectivity index (χ2n) is 4.95. The maximum atomic E-state index is 14.1. The molecule has 0 aliphatic heterocycles. The molecule has 128 valence electrons. The molecule has 3 N–H and O–H groups in total. The van der Waals surface area contributed by atoms with Crippen LogP contribution in [-0.2, 0) is 6.61 Å². The van der Waals surface area contributed by atoms with Crippen molar-refractivity contribution in [3.8, 4) is 22.9 Å². The first-order valence-corrected chi connectivity index (χ1v) is 7.75. The third-order valence-corrected chi connectivity index (χ3v) is 3.93. The van der Waals surface area contributed by atoms with Crippen LogP contribution in [0.15, 0.2) is 36.4 Å². The number of benzene rings is 2. The predicted octanol–water partition coefficient (Wildman–Crippen LogP) is 2.87. The Balaban J connectivity index is 1.76. The van der Waals surface area contributed by atoms with Crippen molar-refractivity contribution in [2.45, 2.75) is 6.61 Å². The van der Waals surface area contributed by atoms with Gasteiger partial charge in [-0.1, -0.05) is 0 Å². The van der Waals surface area contributed by atoms with Crippen molar-refractivity contribution in [3.63, 3.8) is 0 Å². The number of ether oxygens (including phenoxy) is 1. The Bertz CT molecular complexity index is 929. The van der Waals surface area contributed by atoms with Crippen molar-refractivity contribution in [2.24, 2.45) is 5.73 Å². The van der Waals surface area contributed by atoms with E-state index in [1.165, 1.54) is 12.1 Å². The summed E-state index contributed by atoms with van der Waals surface area (Å²) in [4.78, 5) is 15.3. The average Bonchev–Trinajstić information content (AvgIpc) is 3.03. The van der Waals surface area contributed by atoms with Crippen LogP contribution in [0.4, 0.5) is 8.78 Å². The number of amides is 1. The van der Waals surface area contributed by atoms with Crippen molar-refractivity contribution >= 4 is 17.4 Å². The number of nitrogens with two attached hydrogens (primary N) is 1. The van der Waals surface area contributed by atoms with Gasteiger partial charge < -0.3 is 15.6 Å². The van der Waals surface area contributed by atoms with E-state index < -0.39 is 23.1 Å². The number of carbonyl (C=O) groups excluding carboxylic acids is 1. The highest BCUT2D eigenvalue weighted by molar-refractivity contribution is 7.05. The topological polar surface area (TPSA) is 98.3 Å². The molecule has 0 bridgehead atoms. The summed E-state index contributed by atoms with van der Waals surface area (Å²) in [5.74, 6) is -3.18. The molecule has 3 rings (SSSR count). The lowest BCUT2D eigenvalue weighted by Crippen LogP contribution is -2.16. The lowest BCUT2D eigenvalue weighted by molar-refractivity contribution is 0.0991. The molecule has 0 unspecified atom stereocenters. The van der Waals surface area contributed by atoms with Gasteiger partial charge in [-0.3, -0.25) is 4.79 Å². The number of hydrogen-bond acceptors (Lipinski definition) is 6. The summed E-state index contributed by atoms with van der Waals surface area (Å²) < 4.78 is 36.9. The van der Waals surface area contributed by atoms with Crippen molar-refractivity contribution in [3.05, 3.63) is 58.6 Å². The highest BCUT2D eigenvalue weighted by Gasteiger charge is 2.19. The number of rotatable bonds is 5. The second kappa shape index (κ2) is 6.81. The van der Waals surface area contributed by atoms with E-state index in [9.17, 15) is 18.7 Å². The molecule has 0 radical (unpaired) electrons. The Labute approximate surface area is 144 Å². The fourth-order valence-corrected chi connectivity index (χ4v) is 2.63. The molecule has 25 heavy (non-hydrogen) atoms. The van der Waals surface area contributed by atoms with Gasteiger partial charge in [0.15, 0.2) is 22.4 Å². The van der Waals surface area contributed by atoms with E-state index in [1.54, 1.807) is 12.1 Å². The van der Waals surface area contributed by atoms with Gasteiger partial charge in [-0.2, -0.15) is 4.37 Å². The van der Waals surface area contributed by atoms with Crippen LogP contribution < -0.4 is 10.5 Å². The first-order chi connectivity index (χ1) is 12.0. The minimum absolute atomic E-state index is 0.115. The van der Waals surface area contributed by atoms with Gasteiger partial charge in [0.2, 0.25) is 0 Å². The average molecular weight is 363 g/mol. The zero-order valence-electron chi connectivity index (χ0n) is 12.6. The summed E-state index contributed by atoms with van der Waals surface area (Å²) in [5.41, 5.74) is 4.81. The van der Waals surface area contributed by atoms with Crippen LogP contribution >= 0.6 is 11.5 Å². The van der Waals surface area contributed by atoms with E-state index in [-0.39, 0.29) is 18.1 Å². The van der Waals surface area contributed by atoms with Crippen LogP contribution in [-0.4, -0.2) is 20.4 Å². The van der Waals surface area contributed by atoms with Crippen LogP contribution in [0.2, 0.25) is 0 Å². The monoisotopic (exact) mass is 363 g/mol. The predicted molar refractivity (Wildman–Crippen MR) is 86.2 cm³/mol. The highest BCUT2D eigenvalue weighted by atomic mass is 32.1. The first-order valence-electron chi connectivity index (χ1n) is 6.98. The zero-order chi connectivity index (χ0) is 18.0. The molecule has 0 fully saturated rings. The zero-order valence-corrected chi connectivity index (χ0v) is 13.4. The summed E-state index contributed by atoms with van der Waals surface area (Å²) in [6, 6.07) is 8.29. The van der Waals surface area contributed by atoms with Crippen molar-refractivity contribution in [2.75, 3.05) is 0 Å². The quantitative estimate of drug-likeness (QED) is 0.726. The Kier molecular flexibility index (Phi) is 4.57. The van der Waals surface area contributed by atoms with Gasteiger partial charge in [0.05, 0.1) is 0 Å². The third kappa shape index (κ3) is 3.56. The molecular formula is C16H11F2N3O3S.